The number of rotatable bonds is 8. The predicted molar refractivity (Wildman–Crippen MR) is 91.8 cm³/mol. The predicted octanol–water partition coefficient (Wildman–Crippen LogP) is 3.64. The molecule has 22 heavy (non-hydrogen) atoms. The summed E-state index contributed by atoms with van der Waals surface area (Å²) in [6.45, 7) is 2.99. The van der Waals surface area contributed by atoms with E-state index in [1.54, 1.807) is 12.1 Å². The Morgan fingerprint density at radius 2 is 1.82 bits per heavy atom. The smallest absolute Gasteiger partial charge is 0.251 e. The second-order valence-electron chi connectivity index (χ2n) is 5.67. The fourth-order valence-electron chi connectivity index (χ4n) is 2.66. The molecule has 1 fully saturated rings. The van der Waals surface area contributed by atoms with Crippen LogP contribution in [0.15, 0.2) is 28.7 Å². The minimum Gasteiger partial charge on any atom is -0.305 e. The topological polar surface area (TPSA) is 49.4 Å². The molecule has 1 atom stereocenters. The van der Waals surface area contributed by atoms with Gasteiger partial charge in [-0.05, 0) is 37.2 Å². The molecule has 1 saturated heterocycles. The average Bonchev–Trinajstić information content (AvgIpc) is 2.78. The summed E-state index contributed by atoms with van der Waals surface area (Å²) >= 11 is 3.36. The number of halogens is 1. The maximum Gasteiger partial charge on any atom is 0.251 e. The Hall–Kier alpha value is -1.20. The lowest BCUT2D eigenvalue weighted by Crippen LogP contribution is -2.39. The molecule has 0 radical (unpaired) electrons. The van der Waals surface area contributed by atoms with Crippen LogP contribution in [0.2, 0.25) is 0 Å². The average molecular weight is 367 g/mol. The minimum atomic E-state index is -0.373. The number of unbranched alkanes of at least 4 members (excludes halogenated alkanes) is 4. The zero-order chi connectivity index (χ0) is 15.9. The molecule has 0 spiro atoms. The number of nitrogens with zero attached hydrogens (tertiary/aromatic N) is 1. The highest BCUT2D eigenvalue weighted by atomic mass is 79.9. The van der Waals surface area contributed by atoms with Crippen LogP contribution in [0.1, 0.15) is 45.4 Å². The molecular formula is C17H23BrN2O2. The highest BCUT2D eigenvalue weighted by Gasteiger charge is 2.38. The number of anilines is 1. The van der Waals surface area contributed by atoms with Crippen molar-refractivity contribution < 1.29 is 9.59 Å². The van der Waals surface area contributed by atoms with Gasteiger partial charge >= 0.3 is 0 Å². The first kappa shape index (κ1) is 17.2. The molecule has 1 unspecified atom stereocenters. The first-order valence-corrected chi connectivity index (χ1v) is 8.78. The van der Waals surface area contributed by atoms with Crippen LogP contribution in [0.5, 0.6) is 0 Å². The second-order valence-corrected chi connectivity index (χ2v) is 6.58. The van der Waals surface area contributed by atoms with Crippen molar-refractivity contribution in [3.63, 3.8) is 0 Å². The summed E-state index contributed by atoms with van der Waals surface area (Å²) in [5.74, 6) is -0.267. The standard InChI is InChI=1S/C17H23BrN2O2/c1-2-3-4-5-6-11-19-15-12-16(21)20(17(15)22)14-9-7-13(18)8-10-14/h7-10,15,19H,2-6,11-12H2,1H3. The fraction of sp³-hybridized carbons (Fsp3) is 0.529. The van der Waals surface area contributed by atoms with E-state index >= 15 is 0 Å². The van der Waals surface area contributed by atoms with Gasteiger partial charge in [-0.1, -0.05) is 48.5 Å². The molecule has 1 aliphatic heterocycles. The van der Waals surface area contributed by atoms with E-state index in [2.05, 4.69) is 28.2 Å². The van der Waals surface area contributed by atoms with Gasteiger partial charge in [0.1, 0.15) is 0 Å². The highest BCUT2D eigenvalue weighted by Crippen LogP contribution is 2.24. The molecule has 120 valence electrons. The minimum absolute atomic E-state index is 0.129. The lowest BCUT2D eigenvalue weighted by atomic mass is 10.1. The lowest BCUT2D eigenvalue weighted by Gasteiger charge is -2.15. The number of hydrogen-bond acceptors (Lipinski definition) is 3. The first-order chi connectivity index (χ1) is 10.6. The summed E-state index contributed by atoms with van der Waals surface area (Å²) in [7, 11) is 0. The Morgan fingerprint density at radius 3 is 2.50 bits per heavy atom. The van der Waals surface area contributed by atoms with Crippen molar-refractivity contribution in [1.29, 1.82) is 0 Å². The number of nitrogens with one attached hydrogen (secondary N) is 1. The van der Waals surface area contributed by atoms with Gasteiger partial charge < -0.3 is 5.32 Å². The molecule has 1 heterocycles. The summed E-state index contributed by atoms with van der Waals surface area (Å²) in [6, 6.07) is 6.87. The number of hydrogen-bond donors (Lipinski definition) is 1. The Kier molecular flexibility index (Phi) is 6.58. The molecule has 1 aliphatic rings. The van der Waals surface area contributed by atoms with Crippen molar-refractivity contribution >= 4 is 33.4 Å². The van der Waals surface area contributed by atoms with Gasteiger partial charge in [-0.25, -0.2) is 4.90 Å². The molecular weight excluding hydrogens is 344 g/mol. The maximum atomic E-state index is 12.4. The molecule has 0 aromatic heterocycles. The zero-order valence-corrected chi connectivity index (χ0v) is 14.6. The Balaban J connectivity index is 1.85. The molecule has 0 bridgehead atoms. The number of amides is 2. The Labute approximate surface area is 140 Å². The monoisotopic (exact) mass is 366 g/mol. The zero-order valence-electron chi connectivity index (χ0n) is 13.0. The Bertz CT molecular complexity index is 516. The molecule has 2 rings (SSSR count). The number of carbonyl (C=O) groups is 2. The van der Waals surface area contributed by atoms with Crippen molar-refractivity contribution in [1.82, 2.24) is 5.32 Å². The Morgan fingerprint density at radius 1 is 1.14 bits per heavy atom. The van der Waals surface area contributed by atoms with Crippen LogP contribution in [0.4, 0.5) is 5.69 Å². The van der Waals surface area contributed by atoms with Crippen LogP contribution in [0.25, 0.3) is 0 Å². The molecule has 5 heteroatoms. The maximum absolute atomic E-state index is 12.4. The van der Waals surface area contributed by atoms with E-state index in [9.17, 15) is 9.59 Å². The van der Waals surface area contributed by atoms with Gasteiger partial charge in [-0.15, -0.1) is 0 Å². The van der Waals surface area contributed by atoms with E-state index < -0.39 is 0 Å². The van der Waals surface area contributed by atoms with Crippen LogP contribution in [-0.4, -0.2) is 24.4 Å². The number of benzene rings is 1. The van der Waals surface area contributed by atoms with Crippen molar-refractivity contribution in [2.45, 2.75) is 51.5 Å². The van der Waals surface area contributed by atoms with Crippen LogP contribution < -0.4 is 10.2 Å². The highest BCUT2D eigenvalue weighted by molar-refractivity contribution is 9.10. The summed E-state index contributed by atoms with van der Waals surface area (Å²) in [4.78, 5) is 25.8. The van der Waals surface area contributed by atoms with Crippen molar-refractivity contribution in [2.75, 3.05) is 11.4 Å². The molecule has 4 nitrogen and oxygen atoms in total. The van der Waals surface area contributed by atoms with Crippen LogP contribution in [0.3, 0.4) is 0 Å². The second kappa shape index (κ2) is 8.44. The summed E-state index contributed by atoms with van der Waals surface area (Å²) in [6.07, 6.45) is 6.20. The van der Waals surface area contributed by atoms with Crippen molar-refractivity contribution in [3.05, 3.63) is 28.7 Å². The van der Waals surface area contributed by atoms with E-state index in [1.165, 1.54) is 30.6 Å². The molecule has 1 aromatic carbocycles. The molecule has 0 aliphatic carbocycles. The van der Waals surface area contributed by atoms with E-state index in [4.69, 9.17) is 0 Å². The fourth-order valence-corrected chi connectivity index (χ4v) is 2.92. The van der Waals surface area contributed by atoms with Crippen LogP contribution in [-0.2, 0) is 9.59 Å². The molecule has 1 aromatic rings. The van der Waals surface area contributed by atoms with Gasteiger partial charge in [0.15, 0.2) is 0 Å². The largest absolute Gasteiger partial charge is 0.305 e. The van der Waals surface area contributed by atoms with Gasteiger partial charge in [0.05, 0.1) is 18.2 Å². The van der Waals surface area contributed by atoms with E-state index in [-0.39, 0.29) is 24.3 Å². The third-order valence-electron chi connectivity index (χ3n) is 3.90. The molecule has 2 amide bonds. The molecule has 1 N–H and O–H groups in total. The normalized spacial score (nSPS) is 18.3. The quantitative estimate of drug-likeness (QED) is 0.564. The van der Waals surface area contributed by atoms with Crippen LogP contribution >= 0.6 is 15.9 Å². The molecule has 0 saturated carbocycles. The van der Waals surface area contributed by atoms with Gasteiger partial charge in [0, 0.05) is 4.47 Å². The van der Waals surface area contributed by atoms with Gasteiger partial charge in [-0.3, -0.25) is 9.59 Å². The number of imide groups is 1. The van der Waals surface area contributed by atoms with Gasteiger partial charge in [0.2, 0.25) is 5.91 Å². The summed E-state index contributed by atoms with van der Waals surface area (Å²) in [5.41, 5.74) is 0.644. The third-order valence-corrected chi connectivity index (χ3v) is 4.43. The van der Waals surface area contributed by atoms with Crippen molar-refractivity contribution in [2.24, 2.45) is 0 Å². The number of carbonyl (C=O) groups excluding carboxylic acids is 2. The van der Waals surface area contributed by atoms with Crippen LogP contribution in [0, 0.1) is 0 Å². The summed E-state index contributed by atoms with van der Waals surface area (Å²) in [5, 5.41) is 3.23. The van der Waals surface area contributed by atoms with Gasteiger partial charge in [-0.2, -0.15) is 0 Å². The van der Waals surface area contributed by atoms with E-state index in [0.717, 1.165) is 17.4 Å². The van der Waals surface area contributed by atoms with Crippen molar-refractivity contribution in [3.8, 4) is 0 Å². The van der Waals surface area contributed by atoms with E-state index in [0.29, 0.717) is 5.69 Å². The van der Waals surface area contributed by atoms with Gasteiger partial charge in [0.25, 0.3) is 5.91 Å². The summed E-state index contributed by atoms with van der Waals surface area (Å²) < 4.78 is 0.928. The lowest BCUT2D eigenvalue weighted by molar-refractivity contribution is -0.121. The SMILES string of the molecule is CCCCCCCNC1CC(=O)N(c2ccc(Br)cc2)C1=O. The van der Waals surface area contributed by atoms with E-state index in [1.807, 2.05) is 12.1 Å². The first-order valence-electron chi connectivity index (χ1n) is 7.99. The third kappa shape index (κ3) is 4.40.